The topological polar surface area (TPSA) is 56.7 Å². The molecule has 0 saturated heterocycles. The van der Waals surface area contributed by atoms with Gasteiger partial charge in [0, 0.05) is 43.8 Å². The van der Waals surface area contributed by atoms with Gasteiger partial charge in [0.25, 0.3) is 5.91 Å². The highest BCUT2D eigenvalue weighted by molar-refractivity contribution is 14.0. The van der Waals surface area contributed by atoms with Crippen LogP contribution in [0, 0.1) is 0 Å². The van der Waals surface area contributed by atoms with E-state index < -0.39 is 0 Å². The molecule has 2 N–H and O–H groups in total. The van der Waals surface area contributed by atoms with Gasteiger partial charge >= 0.3 is 0 Å². The van der Waals surface area contributed by atoms with Crippen LogP contribution in [-0.2, 0) is 13.0 Å². The lowest BCUT2D eigenvalue weighted by atomic mass is 10.1. The molecule has 0 heterocycles. The highest BCUT2D eigenvalue weighted by Crippen LogP contribution is 2.11. The molecule has 0 aliphatic rings. The Labute approximate surface area is 196 Å². The Hall–Kier alpha value is -1.80. The van der Waals surface area contributed by atoms with Crippen LogP contribution in [0.3, 0.4) is 0 Å². The summed E-state index contributed by atoms with van der Waals surface area (Å²) >= 11 is 6.02. The van der Waals surface area contributed by atoms with Crippen LogP contribution in [0.2, 0.25) is 5.02 Å². The van der Waals surface area contributed by atoms with Crippen LogP contribution >= 0.6 is 35.6 Å². The summed E-state index contributed by atoms with van der Waals surface area (Å²) in [7, 11) is 1.75. The lowest BCUT2D eigenvalue weighted by Gasteiger charge is -2.18. The molecule has 0 aliphatic heterocycles. The van der Waals surface area contributed by atoms with Crippen LogP contribution in [0.5, 0.6) is 0 Å². The molecule has 7 heteroatoms. The lowest BCUT2D eigenvalue weighted by molar-refractivity contribution is 0.0773. The van der Waals surface area contributed by atoms with E-state index in [1.165, 1.54) is 5.56 Å². The molecule has 1 amide bonds. The van der Waals surface area contributed by atoms with Gasteiger partial charge in [-0.15, -0.1) is 24.0 Å². The molecule has 0 bridgehead atoms. The van der Waals surface area contributed by atoms with E-state index in [1.807, 2.05) is 61.2 Å². The summed E-state index contributed by atoms with van der Waals surface area (Å²) in [6.45, 7) is 6.81. The summed E-state index contributed by atoms with van der Waals surface area (Å²) in [5, 5.41) is 7.35. The maximum atomic E-state index is 12.4. The van der Waals surface area contributed by atoms with Crippen LogP contribution in [0.15, 0.2) is 53.5 Å². The van der Waals surface area contributed by atoms with Crippen LogP contribution in [0.1, 0.15) is 35.3 Å². The van der Waals surface area contributed by atoms with Gasteiger partial charge in [0.05, 0.1) is 0 Å². The first-order chi connectivity index (χ1) is 13.6. The predicted molar refractivity (Wildman–Crippen MR) is 132 cm³/mol. The second-order valence-electron chi connectivity index (χ2n) is 6.41. The number of nitrogens with zero attached hydrogens (tertiary/aromatic N) is 2. The van der Waals surface area contributed by atoms with Crippen molar-refractivity contribution in [3.05, 3.63) is 70.2 Å². The van der Waals surface area contributed by atoms with Gasteiger partial charge in [-0.2, -0.15) is 0 Å². The van der Waals surface area contributed by atoms with Crippen molar-refractivity contribution in [2.24, 2.45) is 4.99 Å². The van der Waals surface area contributed by atoms with Gasteiger partial charge in [0.1, 0.15) is 0 Å². The first-order valence-corrected chi connectivity index (χ1v) is 10.0. The number of carbonyl (C=O) groups excluding carboxylic acids is 1. The molecule has 0 radical (unpaired) electrons. The van der Waals surface area contributed by atoms with Gasteiger partial charge in [0.2, 0.25) is 0 Å². The number of carbonyl (C=O) groups is 1. The van der Waals surface area contributed by atoms with Crippen molar-refractivity contribution in [2.45, 2.75) is 26.8 Å². The SMILES string of the molecule is CCN(CC)C(=O)c1ccc(CNC(=NC)NCCc2cccc(Cl)c2)cc1.I. The Kier molecular flexibility index (Phi) is 11.7. The van der Waals surface area contributed by atoms with Crippen molar-refractivity contribution in [1.82, 2.24) is 15.5 Å². The predicted octanol–water partition coefficient (Wildman–Crippen LogP) is 4.35. The number of hydrogen-bond donors (Lipinski definition) is 2. The van der Waals surface area contributed by atoms with Crippen molar-refractivity contribution in [1.29, 1.82) is 0 Å². The number of guanidine groups is 1. The number of amides is 1. The molecule has 0 aliphatic carbocycles. The van der Waals surface area contributed by atoms with Crippen molar-refractivity contribution in [3.8, 4) is 0 Å². The van der Waals surface area contributed by atoms with Gasteiger partial charge < -0.3 is 15.5 Å². The first-order valence-electron chi connectivity index (χ1n) is 9.64. The third-order valence-corrected chi connectivity index (χ3v) is 4.77. The van der Waals surface area contributed by atoms with E-state index in [0.717, 1.165) is 48.2 Å². The number of aliphatic imine (C=N–C) groups is 1. The fourth-order valence-electron chi connectivity index (χ4n) is 2.88. The van der Waals surface area contributed by atoms with Crippen LogP contribution in [-0.4, -0.2) is 43.4 Å². The highest BCUT2D eigenvalue weighted by atomic mass is 127. The Bertz CT molecular complexity index is 792. The standard InChI is InChI=1S/C22H29ClN4O.HI/c1-4-27(5-2)21(28)19-11-9-18(10-12-19)16-26-22(24-3)25-14-13-17-7-6-8-20(23)15-17;/h6-12,15H,4-5,13-14,16H2,1-3H3,(H2,24,25,26);1H. The van der Waals surface area contributed by atoms with Crippen molar-refractivity contribution < 1.29 is 4.79 Å². The van der Waals surface area contributed by atoms with E-state index in [4.69, 9.17) is 11.6 Å². The average Bonchev–Trinajstić information content (AvgIpc) is 2.72. The van der Waals surface area contributed by atoms with Crippen molar-refractivity contribution >= 4 is 47.4 Å². The molecule has 2 rings (SSSR count). The summed E-state index contributed by atoms with van der Waals surface area (Å²) < 4.78 is 0. The quantitative estimate of drug-likeness (QED) is 0.304. The normalized spacial score (nSPS) is 10.8. The van der Waals surface area contributed by atoms with Gasteiger partial charge in [-0.3, -0.25) is 9.79 Å². The minimum absolute atomic E-state index is 0. The molecule has 5 nitrogen and oxygen atoms in total. The van der Waals surface area contributed by atoms with Gasteiger partial charge in [-0.1, -0.05) is 35.9 Å². The Morgan fingerprint density at radius 3 is 2.31 bits per heavy atom. The monoisotopic (exact) mass is 528 g/mol. The smallest absolute Gasteiger partial charge is 0.253 e. The zero-order chi connectivity index (χ0) is 20.4. The van der Waals surface area contributed by atoms with Gasteiger partial charge in [0.15, 0.2) is 5.96 Å². The van der Waals surface area contributed by atoms with Crippen LogP contribution < -0.4 is 10.6 Å². The van der Waals surface area contributed by atoms with E-state index in [1.54, 1.807) is 7.05 Å². The molecule has 0 unspecified atom stereocenters. The van der Waals surface area contributed by atoms with Crippen LogP contribution in [0.4, 0.5) is 0 Å². The fourth-order valence-corrected chi connectivity index (χ4v) is 3.10. The zero-order valence-electron chi connectivity index (χ0n) is 17.2. The summed E-state index contributed by atoms with van der Waals surface area (Å²) in [4.78, 5) is 18.4. The summed E-state index contributed by atoms with van der Waals surface area (Å²) in [5.41, 5.74) is 2.99. The first kappa shape index (κ1) is 25.2. The summed E-state index contributed by atoms with van der Waals surface area (Å²) in [6.07, 6.45) is 0.865. The lowest BCUT2D eigenvalue weighted by Crippen LogP contribution is -2.37. The van der Waals surface area contributed by atoms with E-state index in [2.05, 4.69) is 21.7 Å². The minimum atomic E-state index is 0. The Morgan fingerprint density at radius 2 is 1.72 bits per heavy atom. The molecule has 0 saturated carbocycles. The zero-order valence-corrected chi connectivity index (χ0v) is 20.3. The Morgan fingerprint density at radius 1 is 1.03 bits per heavy atom. The molecule has 29 heavy (non-hydrogen) atoms. The molecule has 158 valence electrons. The molecular formula is C22H30ClIN4O. The maximum Gasteiger partial charge on any atom is 0.253 e. The fraction of sp³-hybridized carbons (Fsp3) is 0.364. The number of rotatable bonds is 8. The van der Waals surface area contributed by atoms with Gasteiger partial charge in [-0.05, 0) is 55.7 Å². The molecule has 0 fully saturated rings. The molecule has 0 atom stereocenters. The van der Waals surface area contributed by atoms with E-state index in [9.17, 15) is 4.79 Å². The van der Waals surface area contributed by atoms with E-state index in [-0.39, 0.29) is 29.9 Å². The highest BCUT2D eigenvalue weighted by Gasteiger charge is 2.11. The maximum absolute atomic E-state index is 12.4. The number of nitrogens with one attached hydrogen (secondary N) is 2. The third-order valence-electron chi connectivity index (χ3n) is 4.53. The van der Waals surface area contributed by atoms with E-state index in [0.29, 0.717) is 6.54 Å². The molecule has 2 aromatic carbocycles. The average molecular weight is 529 g/mol. The molecule has 0 aromatic heterocycles. The summed E-state index contributed by atoms with van der Waals surface area (Å²) in [5.74, 6) is 0.813. The minimum Gasteiger partial charge on any atom is -0.356 e. The number of benzene rings is 2. The molecule has 0 spiro atoms. The third kappa shape index (κ3) is 8.22. The molecular weight excluding hydrogens is 499 g/mol. The largest absolute Gasteiger partial charge is 0.356 e. The second-order valence-corrected chi connectivity index (χ2v) is 6.84. The van der Waals surface area contributed by atoms with Gasteiger partial charge in [-0.25, -0.2) is 0 Å². The van der Waals surface area contributed by atoms with Crippen LogP contribution in [0.25, 0.3) is 0 Å². The van der Waals surface area contributed by atoms with Crippen molar-refractivity contribution in [3.63, 3.8) is 0 Å². The number of hydrogen-bond acceptors (Lipinski definition) is 2. The molecule has 2 aromatic rings. The van der Waals surface area contributed by atoms with E-state index >= 15 is 0 Å². The van der Waals surface area contributed by atoms with Crippen molar-refractivity contribution in [2.75, 3.05) is 26.7 Å². The second kappa shape index (κ2) is 13.4. The Balaban J connectivity index is 0.00000420. The summed E-state index contributed by atoms with van der Waals surface area (Å²) in [6, 6.07) is 15.6. The number of halogens is 2.